The molecule has 0 saturated heterocycles. The third kappa shape index (κ3) is 3.31. The standard InChI is InChI=1S/C14H21NO3/c1-4-12-7-6-8-13(5-2)14(12)15(11(3)17)9-18-10-16/h6-8,16H,4-5,9-10H2,1-3H3. The van der Waals surface area contributed by atoms with E-state index in [0.717, 1.165) is 29.7 Å². The molecule has 4 heteroatoms. The van der Waals surface area contributed by atoms with Gasteiger partial charge in [0.1, 0.15) is 13.5 Å². The number of hydrogen-bond donors (Lipinski definition) is 1. The van der Waals surface area contributed by atoms with Crippen molar-refractivity contribution in [2.75, 3.05) is 18.4 Å². The Bertz CT molecular complexity index is 382. The molecule has 0 radical (unpaired) electrons. The van der Waals surface area contributed by atoms with Crippen molar-refractivity contribution in [2.45, 2.75) is 33.6 Å². The van der Waals surface area contributed by atoms with Gasteiger partial charge in [0.15, 0.2) is 0 Å². The Morgan fingerprint density at radius 1 is 1.28 bits per heavy atom. The molecule has 1 N–H and O–H groups in total. The van der Waals surface area contributed by atoms with Crippen LogP contribution in [0.2, 0.25) is 0 Å². The molecule has 0 aromatic heterocycles. The maximum atomic E-state index is 11.8. The van der Waals surface area contributed by atoms with E-state index in [-0.39, 0.29) is 19.4 Å². The van der Waals surface area contributed by atoms with Crippen LogP contribution in [0.1, 0.15) is 31.9 Å². The van der Waals surface area contributed by atoms with Gasteiger partial charge >= 0.3 is 0 Å². The summed E-state index contributed by atoms with van der Waals surface area (Å²) in [5.74, 6) is -0.0842. The van der Waals surface area contributed by atoms with Crippen molar-refractivity contribution >= 4 is 11.6 Å². The molecule has 4 nitrogen and oxygen atoms in total. The van der Waals surface area contributed by atoms with Crippen molar-refractivity contribution in [3.05, 3.63) is 29.3 Å². The fraction of sp³-hybridized carbons (Fsp3) is 0.500. The molecule has 0 aliphatic carbocycles. The highest BCUT2D eigenvalue weighted by Gasteiger charge is 2.17. The van der Waals surface area contributed by atoms with Crippen molar-refractivity contribution in [1.29, 1.82) is 0 Å². The van der Waals surface area contributed by atoms with Gasteiger partial charge in [-0.25, -0.2) is 0 Å². The predicted molar refractivity (Wildman–Crippen MR) is 71.4 cm³/mol. The molecule has 0 aliphatic heterocycles. The van der Waals surface area contributed by atoms with E-state index < -0.39 is 0 Å². The Kier molecular flexibility index (Phi) is 5.82. The Balaban J connectivity index is 3.19. The molecule has 0 spiro atoms. The lowest BCUT2D eigenvalue weighted by Gasteiger charge is -2.25. The molecule has 0 aliphatic rings. The molecule has 1 aromatic rings. The molecular formula is C14H21NO3. The number of amides is 1. The van der Waals surface area contributed by atoms with Gasteiger partial charge in [-0.1, -0.05) is 32.0 Å². The maximum Gasteiger partial charge on any atom is 0.225 e. The summed E-state index contributed by atoms with van der Waals surface area (Å²) in [6.07, 6.45) is 1.71. The van der Waals surface area contributed by atoms with Crippen molar-refractivity contribution < 1.29 is 14.6 Å². The van der Waals surface area contributed by atoms with Crippen molar-refractivity contribution in [3.8, 4) is 0 Å². The summed E-state index contributed by atoms with van der Waals surface area (Å²) < 4.78 is 4.97. The van der Waals surface area contributed by atoms with Gasteiger partial charge in [-0.2, -0.15) is 0 Å². The molecule has 100 valence electrons. The number of ether oxygens (including phenoxy) is 1. The summed E-state index contributed by atoms with van der Waals surface area (Å²) in [7, 11) is 0. The first-order valence-electron chi connectivity index (χ1n) is 6.23. The number of para-hydroxylation sites is 1. The molecular weight excluding hydrogens is 230 g/mol. The maximum absolute atomic E-state index is 11.8. The van der Waals surface area contributed by atoms with Crippen LogP contribution in [-0.4, -0.2) is 24.5 Å². The van der Waals surface area contributed by atoms with Crippen molar-refractivity contribution in [3.63, 3.8) is 0 Å². The molecule has 0 fully saturated rings. The van der Waals surface area contributed by atoms with Crippen LogP contribution >= 0.6 is 0 Å². The monoisotopic (exact) mass is 251 g/mol. The topological polar surface area (TPSA) is 49.8 Å². The second-order valence-corrected chi connectivity index (χ2v) is 4.04. The molecule has 1 rings (SSSR count). The molecule has 0 unspecified atom stereocenters. The number of aliphatic hydroxyl groups excluding tert-OH is 1. The van der Waals surface area contributed by atoms with Crippen LogP contribution in [0.5, 0.6) is 0 Å². The second kappa shape index (κ2) is 7.13. The molecule has 1 aromatic carbocycles. The van der Waals surface area contributed by atoms with E-state index in [1.807, 2.05) is 18.2 Å². The van der Waals surface area contributed by atoms with E-state index in [1.54, 1.807) is 4.90 Å². The lowest BCUT2D eigenvalue weighted by atomic mass is 10.0. The molecule has 0 saturated carbocycles. The lowest BCUT2D eigenvalue weighted by molar-refractivity contribution is -0.118. The normalized spacial score (nSPS) is 10.4. The van der Waals surface area contributed by atoms with Gasteiger partial charge in [0.25, 0.3) is 0 Å². The molecule has 0 atom stereocenters. The van der Waals surface area contributed by atoms with E-state index in [4.69, 9.17) is 9.84 Å². The summed E-state index contributed by atoms with van der Waals surface area (Å²) >= 11 is 0. The Labute approximate surface area is 108 Å². The number of hydrogen-bond acceptors (Lipinski definition) is 3. The van der Waals surface area contributed by atoms with Crippen LogP contribution in [0, 0.1) is 0 Å². The number of nitrogens with zero attached hydrogens (tertiary/aromatic N) is 1. The van der Waals surface area contributed by atoms with Gasteiger partial charge in [-0.05, 0) is 24.0 Å². The first-order chi connectivity index (χ1) is 8.65. The van der Waals surface area contributed by atoms with Crippen LogP contribution in [0.3, 0.4) is 0 Å². The number of rotatable bonds is 6. The van der Waals surface area contributed by atoms with E-state index in [0.29, 0.717) is 0 Å². The largest absolute Gasteiger partial charge is 0.371 e. The zero-order chi connectivity index (χ0) is 13.5. The van der Waals surface area contributed by atoms with E-state index in [9.17, 15) is 4.79 Å². The number of anilines is 1. The Morgan fingerprint density at radius 2 is 1.83 bits per heavy atom. The van der Waals surface area contributed by atoms with Gasteiger partial charge in [0.05, 0.1) is 5.69 Å². The first-order valence-corrected chi connectivity index (χ1v) is 6.23. The Hall–Kier alpha value is -1.39. The average molecular weight is 251 g/mol. The Morgan fingerprint density at radius 3 is 2.22 bits per heavy atom. The quantitative estimate of drug-likeness (QED) is 0.788. The predicted octanol–water partition coefficient (Wildman–Crippen LogP) is 2.09. The van der Waals surface area contributed by atoms with Crippen LogP contribution < -0.4 is 4.90 Å². The molecule has 0 heterocycles. The van der Waals surface area contributed by atoms with E-state index in [2.05, 4.69) is 13.8 Å². The first kappa shape index (κ1) is 14.7. The number of aryl methyl sites for hydroxylation is 2. The fourth-order valence-corrected chi connectivity index (χ4v) is 2.01. The van der Waals surface area contributed by atoms with Gasteiger partial charge in [0.2, 0.25) is 5.91 Å². The van der Waals surface area contributed by atoms with Gasteiger partial charge < -0.3 is 9.84 Å². The summed E-state index contributed by atoms with van der Waals surface area (Å²) in [5, 5.41) is 8.74. The van der Waals surface area contributed by atoms with Crippen LogP contribution in [0.15, 0.2) is 18.2 Å². The SMILES string of the molecule is CCc1cccc(CC)c1N(COCO)C(C)=O. The average Bonchev–Trinajstić information content (AvgIpc) is 2.38. The number of aliphatic hydroxyl groups is 1. The summed E-state index contributed by atoms with van der Waals surface area (Å²) in [6, 6.07) is 6.04. The van der Waals surface area contributed by atoms with Crippen LogP contribution in [0.4, 0.5) is 5.69 Å². The zero-order valence-electron chi connectivity index (χ0n) is 11.3. The van der Waals surface area contributed by atoms with E-state index >= 15 is 0 Å². The second-order valence-electron chi connectivity index (χ2n) is 4.04. The van der Waals surface area contributed by atoms with Crippen molar-refractivity contribution in [1.82, 2.24) is 0 Å². The smallest absolute Gasteiger partial charge is 0.225 e. The molecule has 1 amide bonds. The minimum absolute atomic E-state index is 0.0792. The van der Waals surface area contributed by atoms with Gasteiger partial charge in [0, 0.05) is 6.92 Å². The number of carbonyl (C=O) groups excluding carboxylic acids is 1. The third-order valence-electron chi connectivity index (χ3n) is 2.93. The fourth-order valence-electron chi connectivity index (χ4n) is 2.01. The summed E-state index contributed by atoms with van der Waals surface area (Å²) in [4.78, 5) is 13.3. The summed E-state index contributed by atoms with van der Waals surface area (Å²) in [5.41, 5.74) is 3.15. The number of benzene rings is 1. The zero-order valence-corrected chi connectivity index (χ0v) is 11.3. The van der Waals surface area contributed by atoms with Gasteiger partial charge in [-0.15, -0.1) is 0 Å². The highest BCUT2D eigenvalue weighted by atomic mass is 16.6. The highest BCUT2D eigenvalue weighted by Crippen LogP contribution is 2.27. The minimum Gasteiger partial charge on any atom is -0.371 e. The van der Waals surface area contributed by atoms with Crippen LogP contribution in [0.25, 0.3) is 0 Å². The van der Waals surface area contributed by atoms with Crippen LogP contribution in [-0.2, 0) is 22.4 Å². The molecule has 18 heavy (non-hydrogen) atoms. The number of carbonyl (C=O) groups is 1. The minimum atomic E-state index is -0.389. The highest BCUT2D eigenvalue weighted by molar-refractivity contribution is 5.93. The molecule has 0 bridgehead atoms. The van der Waals surface area contributed by atoms with Crippen molar-refractivity contribution in [2.24, 2.45) is 0 Å². The van der Waals surface area contributed by atoms with E-state index in [1.165, 1.54) is 6.92 Å². The third-order valence-corrected chi connectivity index (χ3v) is 2.93. The van der Waals surface area contributed by atoms with Gasteiger partial charge in [-0.3, -0.25) is 9.69 Å². The lowest BCUT2D eigenvalue weighted by Crippen LogP contribution is -2.33. The summed E-state index contributed by atoms with van der Waals surface area (Å²) in [6.45, 7) is 5.31.